The van der Waals surface area contributed by atoms with Crippen molar-refractivity contribution in [2.45, 2.75) is 32.7 Å². The van der Waals surface area contributed by atoms with Crippen molar-refractivity contribution in [2.24, 2.45) is 10.9 Å². The van der Waals surface area contributed by atoms with Gasteiger partial charge in [-0.2, -0.15) is 0 Å². The highest BCUT2D eigenvalue weighted by Crippen LogP contribution is 2.18. The van der Waals surface area contributed by atoms with Gasteiger partial charge in [-0.05, 0) is 57.8 Å². The Morgan fingerprint density at radius 1 is 1.26 bits per heavy atom. The fraction of sp³-hybridized carbons (Fsp3) is 0.632. The number of guanidine groups is 1. The fourth-order valence-electron chi connectivity index (χ4n) is 3.17. The van der Waals surface area contributed by atoms with Crippen LogP contribution in [0.15, 0.2) is 29.3 Å². The highest BCUT2D eigenvalue weighted by atomic mass is 15.3. The average Bonchev–Trinajstić information content (AvgIpc) is 2.55. The summed E-state index contributed by atoms with van der Waals surface area (Å²) >= 11 is 0. The number of hydrogen-bond donors (Lipinski definition) is 1. The van der Waals surface area contributed by atoms with Crippen LogP contribution in [-0.2, 0) is 6.54 Å². The molecular formula is C19H32N4. The lowest BCUT2D eigenvalue weighted by molar-refractivity contribution is 0.212. The second kappa shape index (κ2) is 8.92. The Balaban J connectivity index is 1.74. The molecule has 1 fully saturated rings. The number of aryl methyl sites for hydroxylation is 1. The Morgan fingerprint density at radius 2 is 1.91 bits per heavy atom. The van der Waals surface area contributed by atoms with Crippen molar-refractivity contribution in [2.75, 3.05) is 40.8 Å². The van der Waals surface area contributed by atoms with Crippen molar-refractivity contribution in [3.8, 4) is 0 Å². The fourth-order valence-corrected chi connectivity index (χ4v) is 3.17. The van der Waals surface area contributed by atoms with E-state index in [1.54, 1.807) is 0 Å². The molecule has 0 saturated carbocycles. The second-order valence-electron chi connectivity index (χ2n) is 6.85. The topological polar surface area (TPSA) is 30.9 Å². The predicted molar refractivity (Wildman–Crippen MR) is 98.8 cm³/mol. The van der Waals surface area contributed by atoms with Crippen LogP contribution in [-0.4, -0.2) is 56.5 Å². The molecule has 1 aliphatic heterocycles. The minimum absolute atomic E-state index is 0.860. The maximum absolute atomic E-state index is 4.42. The molecule has 2 rings (SSSR count). The van der Waals surface area contributed by atoms with Crippen LogP contribution in [0, 0.1) is 12.8 Å². The Bertz CT molecular complexity index is 487. The van der Waals surface area contributed by atoms with Crippen molar-refractivity contribution in [3.05, 3.63) is 35.4 Å². The van der Waals surface area contributed by atoms with Gasteiger partial charge in [0.15, 0.2) is 5.96 Å². The zero-order chi connectivity index (χ0) is 16.7. The summed E-state index contributed by atoms with van der Waals surface area (Å²) in [5.41, 5.74) is 2.62. The zero-order valence-corrected chi connectivity index (χ0v) is 15.2. The molecule has 4 nitrogen and oxygen atoms in total. The van der Waals surface area contributed by atoms with E-state index in [0.717, 1.165) is 25.0 Å². The SMILES string of the molecule is CN=C(NCCC1CCN(C)CC1)N(C)Cc1ccc(C)cc1. The van der Waals surface area contributed by atoms with E-state index in [1.807, 2.05) is 7.05 Å². The number of rotatable bonds is 5. The molecule has 1 aromatic carbocycles. The Labute approximate surface area is 141 Å². The lowest BCUT2D eigenvalue weighted by Crippen LogP contribution is -2.40. The number of nitrogens with zero attached hydrogens (tertiary/aromatic N) is 3. The molecule has 23 heavy (non-hydrogen) atoms. The Kier molecular flexibility index (Phi) is 6.90. The van der Waals surface area contributed by atoms with Crippen LogP contribution in [0.1, 0.15) is 30.4 Å². The maximum Gasteiger partial charge on any atom is 0.193 e. The first-order chi connectivity index (χ1) is 11.1. The predicted octanol–water partition coefficient (Wildman–Crippen LogP) is 2.73. The molecule has 0 spiro atoms. The minimum Gasteiger partial charge on any atom is -0.356 e. The second-order valence-corrected chi connectivity index (χ2v) is 6.85. The summed E-state index contributed by atoms with van der Waals surface area (Å²) in [4.78, 5) is 9.04. The van der Waals surface area contributed by atoms with Gasteiger partial charge in [0.2, 0.25) is 0 Å². The number of nitrogens with one attached hydrogen (secondary N) is 1. The molecule has 0 radical (unpaired) electrons. The average molecular weight is 316 g/mol. The summed E-state index contributed by atoms with van der Waals surface area (Å²) in [7, 11) is 6.19. The quantitative estimate of drug-likeness (QED) is 0.669. The summed E-state index contributed by atoms with van der Waals surface area (Å²) in [6.45, 7) is 6.50. The molecule has 0 atom stereocenters. The summed E-state index contributed by atoms with van der Waals surface area (Å²) in [5, 5.41) is 3.52. The first-order valence-electron chi connectivity index (χ1n) is 8.74. The largest absolute Gasteiger partial charge is 0.356 e. The molecule has 0 bridgehead atoms. The van der Waals surface area contributed by atoms with Gasteiger partial charge < -0.3 is 15.1 Å². The van der Waals surface area contributed by atoms with E-state index in [2.05, 4.69) is 65.4 Å². The molecule has 1 N–H and O–H groups in total. The van der Waals surface area contributed by atoms with E-state index in [1.165, 1.54) is 43.5 Å². The van der Waals surface area contributed by atoms with Crippen molar-refractivity contribution in [3.63, 3.8) is 0 Å². The van der Waals surface area contributed by atoms with Gasteiger partial charge in [0.05, 0.1) is 0 Å². The number of piperidine rings is 1. The standard InChI is InChI=1S/C19H32N4/c1-16-5-7-18(8-6-16)15-23(4)19(20-2)21-12-9-17-10-13-22(3)14-11-17/h5-8,17H,9-15H2,1-4H3,(H,20,21). The summed E-state index contributed by atoms with van der Waals surface area (Å²) in [6.07, 6.45) is 3.90. The summed E-state index contributed by atoms with van der Waals surface area (Å²) in [6, 6.07) is 8.72. The first-order valence-corrected chi connectivity index (χ1v) is 8.74. The van der Waals surface area contributed by atoms with Gasteiger partial charge in [0.1, 0.15) is 0 Å². The lowest BCUT2D eigenvalue weighted by atomic mass is 9.94. The molecule has 128 valence electrons. The van der Waals surface area contributed by atoms with Crippen LogP contribution in [0.4, 0.5) is 0 Å². The Hall–Kier alpha value is -1.55. The summed E-state index contributed by atoms with van der Waals surface area (Å²) < 4.78 is 0. The monoisotopic (exact) mass is 316 g/mol. The highest BCUT2D eigenvalue weighted by Gasteiger charge is 2.16. The van der Waals surface area contributed by atoms with Crippen molar-refractivity contribution in [1.82, 2.24) is 15.1 Å². The molecule has 4 heteroatoms. The smallest absolute Gasteiger partial charge is 0.193 e. The number of hydrogen-bond acceptors (Lipinski definition) is 2. The molecule has 0 aromatic heterocycles. The van der Waals surface area contributed by atoms with E-state index >= 15 is 0 Å². The molecule has 1 aromatic rings. The molecule has 1 heterocycles. The zero-order valence-electron chi connectivity index (χ0n) is 15.2. The highest BCUT2D eigenvalue weighted by molar-refractivity contribution is 5.79. The van der Waals surface area contributed by atoms with E-state index in [4.69, 9.17) is 0 Å². The Morgan fingerprint density at radius 3 is 2.52 bits per heavy atom. The van der Waals surface area contributed by atoms with Crippen LogP contribution in [0.25, 0.3) is 0 Å². The number of benzene rings is 1. The van der Waals surface area contributed by atoms with Crippen LogP contribution in [0.5, 0.6) is 0 Å². The van der Waals surface area contributed by atoms with Crippen molar-refractivity contribution < 1.29 is 0 Å². The van der Waals surface area contributed by atoms with Crippen molar-refractivity contribution >= 4 is 5.96 Å². The molecule has 0 unspecified atom stereocenters. The van der Waals surface area contributed by atoms with Crippen LogP contribution in [0.3, 0.4) is 0 Å². The van der Waals surface area contributed by atoms with Crippen LogP contribution in [0.2, 0.25) is 0 Å². The van der Waals surface area contributed by atoms with E-state index in [0.29, 0.717) is 0 Å². The lowest BCUT2D eigenvalue weighted by Gasteiger charge is -2.29. The molecule has 1 saturated heterocycles. The van der Waals surface area contributed by atoms with Gasteiger partial charge in [0, 0.05) is 27.2 Å². The van der Waals surface area contributed by atoms with Crippen LogP contribution < -0.4 is 5.32 Å². The maximum atomic E-state index is 4.42. The molecular weight excluding hydrogens is 284 g/mol. The third-order valence-electron chi connectivity index (χ3n) is 4.79. The normalized spacial score (nSPS) is 17.3. The number of likely N-dealkylation sites (tertiary alicyclic amines) is 1. The molecule has 0 aliphatic carbocycles. The van der Waals surface area contributed by atoms with Crippen LogP contribution >= 0.6 is 0 Å². The third-order valence-corrected chi connectivity index (χ3v) is 4.79. The van der Waals surface area contributed by atoms with Gasteiger partial charge in [0.25, 0.3) is 0 Å². The first kappa shape index (κ1) is 17.8. The van der Waals surface area contributed by atoms with Gasteiger partial charge in [-0.3, -0.25) is 4.99 Å². The number of aliphatic imine (C=N–C) groups is 1. The van der Waals surface area contributed by atoms with Gasteiger partial charge in [-0.15, -0.1) is 0 Å². The molecule has 1 aliphatic rings. The van der Waals surface area contributed by atoms with Gasteiger partial charge >= 0.3 is 0 Å². The van der Waals surface area contributed by atoms with Gasteiger partial charge in [-0.1, -0.05) is 29.8 Å². The van der Waals surface area contributed by atoms with Crippen molar-refractivity contribution in [1.29, 1.82) is 0 Å². The molecule has 0 amide bonds. The third kappa shape index (κ3) is 5.87. The van der Waals surface area contributed by atoms with E-state index in [-0.39, 0.29) is 0 Å². The minimum atomic E-state index is 0.860. The van der Waals surface area contributed by atoms with E-state index < -0.39 is 0 Å². The van der Waals surface area contributed by atoms with Gasteiger partial charge in [-0.25, -0.2) is 0 Å². The van der Waals surface area contributed by atoms with E-state index in [9.17, 15) is 0 Å². The summed E-state index contributed by atoms with van der Waals surface area (Å²) in [5.74, 6) is 1.85.